The summed E-state index contributed by atoms with van der Waals surface area (Å²) in [5.41, 5.74) is 6.34. The maximum absolute atomic E-state index is 12.0. The lowest BCUT2D eigenvalue weighted by atomic mass is 10.2. The van der Waals surface area contributed by atoms with Crippen molar-refractivity contribution in [1.29, 1.82) is 0 Å². The lowest BCUT2D eigenvalue weighted by Crippen LogP contribution is -2.35. The number of nitrogens with zero attached hydrogens (tertiary/aromatic N) is 1. The van der Waals surface area contributed by atoms with Crippen molar-refractivity contribution in [3.8, 4) is 0 Å². The average molecular weight is 273 g/mol. The van der Waals surface area contributed by atoms with Crippen LogP contribution in [0.2, 0.25) is 0 Å². The van der Waals surface area contributed by atoms with Gasteiger partial charge in [0.1, 0.15) is 0 Å². The van der Waals surface area contributed by atoms with E-state index in [0.717, 1.165) is 5.69 Å². The first kappa shape index (κ1) is 15.5. The third kappa shape index (κ3) is 4.61. The summed E-state index contributed by atoms with van der Waals surface area (Å²) in [6.07, 6.45) is 3.34. The minimum absolute atomic E-state index is 0.0521. The lowest BCUT2D eigenvalue weighted by Gasteiger charge is -2.19. The minimum atomic E-state index is -0.476. The molecular weight excluding hydrogens is 254 g/mol. The first-order valence-electron chi connectivity index (χ1n) is 6.21. The predicted octanol–water partition coefficient (Wildman–Crippen LogP) is 1.40. The van der Waals surface area contributed by atoms with E-state index in [1.54, 1.807) is 41.3 Å². The maximum Gasteiger partial charge on any atom is 0.248 e. The third-order valence-corrected chi connectivity index (χ3v) is 2.66. The van der Waals surface area contributed by atoms with Crippen LogP contribution >= 0.6 is 0 Å². The van der Waals surface area contributed by atoms with E-state index in [2.05, 4.69) is 18.5 Å². The number of carbonyl (C=O) groups excluding carboxylic acids is 2. The fourth-order valence-corrected chi connectivity index (χ4v) is 1.63. The summed E-state index contributed by atoms with van der Waals surface area (Å²) >= 11 is 0. The van der Waals surface area contributed by atoms with Crippen molar-refractivity contribution in [2.75, 3.05) is 25.0 Å². The van der Waals surface area contributed by atoms with E-state index in [0.29, 0.717) is 18.7 Å². The Kier molecular flexibility index (Phi) is 6.03. The van der Waals surface area contributed by atoms with Gasteiger partial charge in [0.05, 0.1) is 6.54 Å². The highest BCUT2D eigenvalue weighted by molar-refractivity contribution is 5.93. The first-order chi connectivity index (χ1) is 9.58. The van der Waals surface area contributed by atoms with Crippen molar-refractivity contribution >= 4 is 17.5 Å². The quantitative estimate of drug-likeness (QED) is 0.703. The van der Waals surface area contributed by atoms with E-state index < -0.39 is 5.91 Å². The van der Waals surface area contributed by atoms with Gasteiger partial charge in [0.2, 0.25) is 11.8 Å². The molecule has 5 nitrogen and oxygen atoms in total. The molecule has 0 atom stereocenters. The van der Waals surface area contributed by atoms with Crippen LogP contribution in [0.3, 0.4) is 0 Å². The second kappa shape index (κ2) is 7.78. The van der Waals surface area contributed by atoms with Gasteiger partial charge >= 0.3 is 0 Å². The normalized spacial score (nSPS) is 9.60. The summed E-state index contributed by atoms with van der Waals surface area (Å²) in [5, 5.41) is 3.00. The van der Waals surface area contributed by atoms with Gasteiger partial charge in [0.15, 0.2) is 0 Å². The molecule has 0 saturated carbocycles. The number of hydrogen-bond donors (Lipinski definition) is 2. The maximum atomic E-state index is 12.0. The van der Waals surface area contributed by atoms with Crippen molar-refractivity contribution in [3.05, 3.63) is 55.1 Å². The molecule has 0 radical (unpaired) electrons. The van der Waals surface area contributed by atoms with Crippen LogP contribution in [0.15, 0.2) is 49.6 Å². The van der Waals surface area contributed by atoms with Gasteiger partial charge < -0.3 is 16.0 Å². The molecule has 0 spiro atoms. The van der Waals surface area contributed by atoms with Crippen LogP contribution < -0.4 is 11.1 Å². The second-order valence-electron chi connectivity index (χ2n) is 4.17. The van der Waals surface area contributed by atoms with Gasteiger partial charge in [0, 0.05) is 24.3 Å². The van der Waals surface area contributed by atoms with Crippen LogP contribution in [0.25, 0.3) is 0 Å². The van der Waals surface area contributed by atoms with Gasteiger partial charge in [-0.25, -0.2) is 0 Å². The number of primary amides is 1. The molecule has 5 heteroatoms. The predicted molar refractivity (Wildman–Crippen MR) is 80.4 cm³/mol. The molecular formula is C15H19N3O2. The zero-order valence-corrected chi connectivity index (χ0v) is 11.3. The Balaban J connectivity index is 2.56. The molecule has 0 aliphatic heterocycles. The Labute approximate surface area is 118 Å². The summed E-state index contributed by atoms with van der Waals surface area (Å²) in [6, 6.07) is 6.64. The smallest absolute Gasteiger partial charge is 0.248 e. The van der Waals surface area contributed by atoms with E-state index >= 15 is 0 Å². The van der Waals surface area contributed by atoms with Crippen LogP contribution in [0.1, 0.15) is 10.4 Å². The number of hydrogen-bond acceptors (Lipinski definition) is 3. The molecule has 0 aliphatic rings. The highest BCUT2D eigenvalue weighted by atomic mass is 16.2. The van der Waals surface area contributed by atoms with E-state index in [-0.39, 0.29) is 12.5 Å². The fraction of sp³-hybridized carbons (Fsp3) is 0.200. The molecule has 2 amide bonds. The van der Waals surface area contributed by atoms with Gasteiger partial charge in [-0.15, -0.1) is 13.2 Å². The molecule has 0 saturated heterocycles. The summed E-state index contributed by atoms with van der Waals surface area (Å²) in [4.78, 5) is 24.5. The molecule has 0 heterocycles. The molecule has 3 N–H and O–H groups in total. The second-order valence-corrected chi connectivity index (χ2v) is 4.17. The Bertz CT molecular complexity index is 484. The van der Waals surface area contributed by atoms with Gasteiger partial charge in [-0.2, -0.15) is 0 Å². The molecule has 106 valence electrons. The SMILES string of the molecule is C=CCN(CC=C)C(=O)CNc1ccc(C(N)=O)cc1. The molecule has 1 aromatic rings. The highest BCUT2D eigenvalue weighted by Gasteiger charge is 2.10. The largest absolute Gasteiger partial charge is 0.376 e. The zero-order valence-electron chi connectivity index (χ0n) is 11.3. The van der Waals surface area contributed by atoms with Gasteiger partial charge in [-0.1, -0.05) is 12.2 Å². The molecule has 0 aliphatic carbocycles. The Morgan fingerprint density at radius 1 is 1.15 bits per heavy atom. The summed E-state index contributed by atoms with van der Waals surface area (Å²) in [6.45, 7) is 8.36. The molecule has 20 heavy (non-hydrogen) atoms. The average Bonchev–Trinajstić information content (AvgIpc) is 2.45. The standard InChI is InChI=1S/C15H19N3O2/c1-3-9-18(10-4-2)14(19)11-17-13-7-5-12(6-8-13)15(16)20/h3-8,17H,1-2,9-11H2,(H2,16,20). The van der Waals surface area contributed by atoms with E-state index in [1.807, 2.05) is 0 Å². The molecule has 0 unspecified atom stereocenters. The van der Waals surface area contributed by atoms with E-state index in [4.69, 9.17) is 5.73 Å². The zero-order chi connectivity index (χ0) is 15.0. The van der Waals surface area contributed by atoms with E-state index in [1.165, 1.54) is 0 Å². The van der Waals surface area contributed by atoms with Crippen LogP contribution in [-0.4, -0.2) is 36.3 Å². The number of nitrogens with one attached hydrogen (secondary N) is 1. The number of anilines is 1. The number of benzene rings is 1. The molecule has 0 aromatic heterocycles. The number of rotatable bonds is 8. The summed E-state index contributed by atoms with van der Waals surface area (Å²) < 4.78 is 0. The van der Waals surface area contributed by atoms with E-state index in [9.17, 15) is 9.59 Å². The van der Waals surface area contributed by atoms with Crippen molar-refractivity contribution in [2.45, 2.75) is 0 Å². The number of amides is 2. The molecule has 1 aromatic carbocycles. The molecule has 0 fully saturated rings. The third-order valence-electron chi connectivity index (χ3n) is 2.66. The Morgan fingerprint density at radius 3 is 2.15 bits per heavy atom. The first-order valence-corrected chi connectivity index (χ1v) is 6.21. The summed E-state index contributed by atoms with van der Waals surface area (Å²) in [7, 11) is 0. The Hall–Kier alpha value is -2.56. The van der Waals surface area contributed by atoms with Crippen LogP contribution in [0, 0.1) is 0 Å². The van der Waals surface area contributed by atoms with Gasteiger partial charge in [-0.05, 0) is 24.3 Å². The number of nitrogens with two attached hydrogens (primary N) is 1. The minimum Gasteiger partial charge on any atom is -0.376 e. The Morgan fingerprint density at radius 2 is 1.70 bits per heavy atom. The number of carbonyl (C=O) groups is 2. The van der Waals surface area contributed by atoms with Crippen molar-refractivity contribution in [3.63, 3.8) is 0 Å². The summed E-state index contributed by atoms with van der Waals surface area (Å²) in [5.74, 6) is -0.528. The van der Waals surface area contributed by atoms with Crippen LogP contribution in [-0.2, 0) is 4.79 Å². The van der Waals surface area contributed by atoms with Crippen molar-refractivity contribution in [1.82, 2.24) is 4.90 Å². The van der Waals surface area contributed by atoms with Crippen LogP contribution in [0.5, 0.6) is 0 Å². The van der Waals surface area contributed by atoms with Gasteiger partial charge in [0.25, 0.3) is 0 Å². The molecule has 0 bridgehead atoms. The topological polar surface area (TPSA) is 75.4 Å². The molecule has 1 rings (SSSR count). The lowest BCUT2D eigenvalue weighted by molar-refractivity contribution is -0.128. The van der Waals surface area contributed by atoms with Crippen molar-refractivity contribution < 1.29 is 9.59 Å². The highest BCUT2D eigenvalue weighted by Crippen LogP contribution is 2.09. The van der Waals surface area contributed by atoms with Crippen molar-refractivity contribution in [2.24, 2.45) is 5.73 Å². The fourth-order valence-electron chi connectivity index (χ4n) is 1.63. The van der Waals surface area contributed by atoms with Crippen LogP contribution in [0.4, 0.5) is 5.69 Å². The van der Waals surface area contributed by atoms with Gasteiger partial charge in [-0.3, -0.25) is 9.59 Å². The monoisotopic (exact) mass is 273 g/mol.